The largest absolute Gasteiger partial charge is 0.381 e. The molecule has 1 fully saturated rings. The Morgan fingerprint density at radius 2 is 2.05 bits per heavy atom. The van der Waals surface area contributed by atoms with Crippen LogP contribution in [-0.2, 0) is 4.74 Å². The molecule has 0 saturated carbocycles. The standard InChI is InChI=1S/C14H20N4O/c1-10-7-13(15-9-12-3-5-19-6-4-12)18-14(16-10)8-11(2)17-18/h7-8,12,15H,3-6,9H2,1-2H3. The number of ether oxygens (including phenoxy) is 1. The van der Waals surface area contributed by atoms with Gasteiger partial charge in [0.1, 0.15) is 5.82 Å². The lowest BCUT2D eigenvalue weighted by Gasteiger charge is -2.22. The van der Waals surface area contributed by atoms with Crippen molar-refractivity contribution in [3.05, 3.63) is 23.5 Å². The normalized spacial score (nSPS) is 16.9. The molecule has 5 heteroatoms. The van der Waals surface area contributed by atoms with Crippen LogP contribution in [0.4, 0.5) is 5.82 Å². The molecular weight excluding hydrogens is 240 g/mol. The second-order valence-electron chi connectivity index (χ2n) is 5.28. The van der Waals surface area contributed by atoms with Gasteiger partial charge in [0, 0.05) is 37.6 Å². The van der Waals surface area contributed by atoms with Crippen molar-refractivity contribution in [2.24, 2.45) is 5.92 Å². The van der Waals surface area contributed by atoms with E-state index in [4.69, 9.17) is 4.74 Å². The fourth-order valence-electron chi connectivity index (χ4n) is 2.54. The molecule has 102 valence electrons. The van der Waals surface area contributed by atoms with Gasteiger partial charge in [-0.1, -0.05) is 0 Å². The fourth-order valence-corrected chi connectivity index (χ4v) is 2.54. The van der Waals surface area contributed by atoms with Gasteiger partial charge in [-0.15, -0.1) is 0 Å². The molecule has 1 saturated heterocycles. The van der Waals surface area contributed by atoms with E-state index < -0.39 is 0 Å². The van der Waals surface area contributed by atoms with E-state index in [9.17, 15) is 0 Å². The van der Waals surface area contributed by atoms with E-state index in [0.717, 1.165) is 55.5 Å². The van der Waals surface area contributed by atoms with Crippen molar-refractivity contribution in [1.29, 1.82) is 0 Å². The Kier molecular flexibility index (Phi) is 3.38. The van der Waals surface area contributed by atoms with Crippen LogP contribution in [0, 0.1) is 19.8 Å². The zero-order valence-corrected chi connectivity index (χ0v) is 11.5. The predicted molar refractivity (Wildman–Crippen MR) is 74.5 cm³/mol. The van der Waals surface area contributed by atoms with Crippen molar-refractivity contribution in [2.75, 3.05) is 25.1 Å². The van der Waals surface area contributed by atoms with Crippen molar-refractivity contribution in [2.45, 2.75) is 26.7 Å². The van der Waals surface area contributed by atoms with Crippen molar-refractivity contribution in [3.63, 3.8) is 0 Å². The summed E-state index contributed by atoms with van der Waals surface area (Å²) in [4.78, 5) is 4.49. The molecule has 0 aromatic carbocycles. The summed E-state index contributed by atoms with van der Waals surface area (Å²) in [5, 5.41) is 8.00. The first-order chi connectivity index (χ1) is 9.22. The van der Waals surface area contributed by atoms with Crippen LogP contribution in [0.15, 0.2) is 12.1 Å². The number of aromatic nitrogens is 3. The van der Waals surface area contributed by atoms with E-state index in [1.54, 1.807) is 0 Å². The van der Waals surface area contributed by atoms with Crippen LogP contribution in [0.25, 0.3) is 5.65 Å². The molecule has 0 aliphatic carbocycles. The summed E-state index contributed by atoms with van der Waals surface area (Å²) in [5.74, 6) is 1.72. The summed E-state index contributed by atoms with van der Waals surface area (Å²) in [6, 6.07) is 4.06. The minimum absolute atomic E-state index is 0.689. The van der Waals surface area contributed by atoms with Gasteiger partial charge in [-0.2, -0.15) is 9.61 Å². The predicted octanol–water partition coefficient (Wildman–Crippen LogP) is 2.18. The molecule has 19 heavy (non-hydrogen) atoms. The third-order valence-corrected chi connectivity index (χ3v) is 3.59. The second-order valence-corrected chi connectivity index (χ2v) is 5.28. The summed E-state index contributed by atoms with van der Waals surface area (Å²) in [7, 11) is 0. The topological polar surface area (TPSA) is 51.5 Å². The van der Waals surface area contributed by atoms with E-state index in [1.165, 1.54) is 0 Å². The molecule has 2 aromatic heterocycles. The van der Waals surface area contributed by atoms with Gasteiger partial charge in [0.05, 0.1) is 5.69 Å². The van der Waals surface area contributed by atoms with Crippen LogP contribution in [0.1, 0.15) is 24.2 Å². The highest BCUT2D eigenvalue weighted by atomic mass is 16.5. The zero-order chi connectivity index (χ0) is 13.2. The maximum Gasteiger partial charge on any atom is 0.157 e. The molecule has 0 unspecified atom stereocenters. The first kappa shape index (κ1) is 12.4. The Hall–Kier alpha value is -1.62. The average molecular weight is 260 g/mol. The van der Waals surface area contributed by atoms with Gasteiger partial charge in [-0.25, -0.2) is 4.98 Å². The lowest BCUT2D eigenvalue weighted by molar-refractivity contribution is 0.0699. The molecule has 2 aromatic rings. The summed E-state index contributed by atoms with van der Waals surface area (Å²) in [6.45, 7) is 6.76. The van der Waals surface area contributed by atoms with Gasteiger partial charge in [0.2, 0.25) is 0 Å². The average Bonchev–Trinajstić information content (AvgIpc) is 2.77. The number of anilines is 1. The highest BCUT2D eigenvalue weighted by molar-refractivity contribution is 5.50. The Labute approximate surface area is 113 Å². The quantitative estimate of drug-likeness (QED) is 0.919. The minimum Gasteiger partial charge on any atom is -0.381 e. The van der Waals surface area contributed by atoms with Crippen LogP contribution >= 0.6 is 0 Å². The Balaban J connectivity index is 1.79. The van der Waals surface area contributed by atoms with E-state index in [1.807, 2.05) is 24.4 Å². The molecule has 1 N–H and O–H groups in total. The molecule has 0 bridgehead atoms. The van der Waals surface area contributed by atoms with Crippen molar-refractivity contribution in [3.8, 4) is 0 Å². The van der Waals surface area contributed by atoms with Gasteiger partial charge in [-0.05, 0) is 32.6 Å². The first-order valence-electron chi connectivity index (χ1n) is 6.88. The van der Waals surface area contributed by atoms with Gasteiger partial charge in [-0.3, -0.25) is 0 Å². The van der Waals surface area contributed by atoms with Crippen LogP contribution in [0.3, 0.4) is 0 Å². The highest BCUT2D eigenvalue weighted by Crippen LogP contribution is 2.18. The first-order valence-corrected chi connectivity index (χ1v) is 6.88. The molecule has 3 rings (SSSR count). The van der Waals surface area contributed by atoms with Crippen LogP contribution in [0.2, 0.25) is 0 Å². The van der Waals surface area contributed by atoms with E-state index >= 15 is 0 Å². The lowest BCUT2D eigenvalue weighted by atomic mass is 10.0. The maximum absolute atomic E-state index is 5.39. The Bertz CT molecular complexity index is 572. The molecule has 3 heterocycles. The summed E-state index contributed by atoms with van der Waals surface area (Å²) >= 11 is 0. The summed E-state index contributed by atoms with van der Waals surface area (Å²) in [6.07, 6.45) is 2.27. The summed E-state index contributed by atoms with van der Waals surface area (Å²) < 4.78 is 7.28. The number of nitrogens with one attached hydrogen (secondary N) is 1. The third-order valence-electron chi connectivity index (χ3n) is 3.59. The van der Waals surface area contributed by atoms with Crippen molar-refractivity contribution in [1.82, 2.24) is 14.6 Å². The minimum atomic E-state index is 0.689. The monoisotopic (exact) mass is 260 g/mol. The second kappa shape index (κ2) is 5.17. The number of hydrogen-bond acceptors (Lipinski definition) is 4. The van der Waals surface area contributed by atoms with Gasteiger partial charge in [0.15, 0.2) is 5.65 Å². The van der Waals surface area contributed by atoms with Crippen LogP contribution in [0.5, 0.6) is 0 Å². The maximum atomic E-state index is 5.39. The van der Waals surface area contributed by atoms with Crippen molar-refractivity contribution >= 4 is 11.5 Å². The molecular formula is C14H20N4O. The SMILES string of the molecule is Cc1cc(NCC2CCOCC2)n2nc(C)cc2n1. The molecule has 1 aliphatic rings. The van der Waals surface area contributed by atoms with E-state index in [-0.39, 0.29) is 0 Å². The number of aryl methyl sites for hydroxylation is 2. The van der Waals surface area contributed by atoms with Crippen molar-refractivity contribution < 1.29 is 4.74 Å². The van der Waals surface area contributed by atoms with E-state index in [2.05, 4.69) is 21.5 Å². The Morgan fingerprint density at radius 1 is 1.26 bits per heavy atom. The zero-order valence-electron chi connectivity index (χ0n) is 11.5. The molecule has 1 aliphatic heterocycles. The number of fused-ring (bicyclic) bond motifs is 1. The van der Waals surface area contributed by atoms with Gasteiger partial charge >= 0.3 is 0 Å². The fraction of sp³-hybridized carbons (Fsp3) is 0.571. The molecule has 0 amide bonds. The van der Waals surface area contributed by atoms with E-state index in [0.29, 0.717) is 5.92 Å². The summed E-state index contributed by atoms with van der Waals surface area (Å²) in [5.41, 5.74) is 2.92. The van der Waals surface area contributed by atoms with Crippen LogP contribution in [-0.4, -0.2) is 34.4 Å². The van der Waals surface area contributed by atoms with Gasteiger partial charge < -0.3 is 10.1 Å². The number of rotatable bonds is 3. The van der Waals surface area contributed by atoms with Crippen LogP contribution < -0.4 is 5.32 Å². The molecule has 0 radical (unpaired) electrons. The molecule has 0 spiro atoms. The third kappa shape index (κ3) is 2.71. The Morgan fingerprint density at radius 3 is 2.84 bits per heavy atom. The number of nitrogens with zero attached hydrogens (tertiary/aromatic N) is 3. The number of hydrogen-bond donors (Lipinski definition) is 1. The smallest absolute Gasteiger partial charge is 0.157 e. The highest BCUT2D eigenvalue weighted by Gasteiger charge is 2.14. The molecule has 5 nitrogen and oxygen atoms in total. The molecule has 0 atom stereocenters. The van der Waals surface area contributed by atoms with Gasteiger partial charge in [0.25, 0.3) is 0 Å². The lowest BCUT2D eigenvalue weighted by Crippen LogP contribution is -2.23.